The molecule has 1 fully saturated rings. The molecular weight excluding hydrogens is 341 g/mol. The van der Waals surface area contributed by atoms with Gasteiger partial charge in [0.25, 0.3) is 0 Å². The highest BCUT2D eigenvalue weighted by Gasteiger charge is 2.47. The molecule has 0 bridgehead atoms. The molecule has 2 rings (SSSR count). The first kappa shape index (κ1) is 19.9. The second kappa shape index (κ2) is 7.06. The molecule has 6 heteroatoms. The zero-order chi connectivity index (χ0) is 18.9. The van der Waals surface area contributed by atoms with E-state index in [1.807, 2.05) is 20.8 Å². The maximum Gasteiger partial charge on any atom is 0.220 e. The van der Waals surface area contributed by atoms with Crippen molar-refractivity contribution in [1.82, 2.24) is 5.32 Å². The van der Waals surface area contributed by atoms with Gasteiger partial charge in [0.2, 0.25) is 20.7 Å². The minimum atomic E-state index is -4.04. The lowest BCUT2D eigenvalue weighted by atomic mass is 9.90. The first-order valence-corrected chi connectivity index (χ1v) is 10.2. The Morgan fingerprint density at radius 2 is 1.88 bits per heavy atom. The van der Waals surface area contributed by atoms with E-state index in [0.717, 1.165) is 5.56 Å². The molecule has 0 unspecified atom stereocenters. The van der Waals surface area contributed by atoms with E-state index in [-0.39, 0.29) is 35.1 Å². The smallest absolute Gasteiger partial charge is 0.220 e. The van der Waals surface area contributed by atoms with Crippen LogP contribution < -0.4 is 5.32 Å². The van der Waals surface area contributed by atoms with Gasteiger partial charge in [-0.1, -0.05) is 32.9 Å². The summed E-state index contributed by atoms with van der Waals surface area (Å²) in [5.41, 5.74) is 0.671. The van der Waals surface area contributed by atoms with E-state index in [0.29, 0.717) is 19.3 Å². The summed E-state index contributed by atoms with van der Waals surface area (Å²) in [5.74, 6) is -0.0644. The number of aryl methyl sites for hydroxylation is 1. The van der Waals surface area contributed by atoms with E-state index in [9.17, 15) is 13.2 Å². The molecule has 1 aromatic rings. The first-order chi connectivity index (χ1) is 11.4. The molecule has 0 aromatic heterocycles. The molecule has 0 atom stereocenters. The number of rotatable bonds is 4. The van der Waals surface area contributed by atoms with E-state index in [1.54, 1.807) is 19.1 Å². The number of sulfone groups is 1. The first-order valence-electron chi connectivity index (χ1n) is 8.73. The monoisotopic (exact) mass is 369 g/mol. The maximum absolute atomic E-state index is 15.2. The molecule has 1 N–H and O–H groups in total. The second-order valence-electron chi connectivity index (χ2n) is 8.28. The molecule has 25 heavy (non-hydrogen) atoms. The topological polar surface area (TPSA) is 63.2 Å². The van der Waals surface area contributed by atoms with Gasteiger partial charge in [-0.15, -0.1) is 0 Å². The highest BCUT2D eigenvalue weighted by atomic mass is 32.2. The number of carbonyl (C=O) groups is 1. The van der Waals surface area contributed by atoms with Gasteiger partial charge in [0, 0.05) is 12.5 Å². The van der Waals surface area contributed by atoms with Crippen LogP contribution in [0, 0.1) is 12.3 Å². The second-order valence-corrected chi connectivity index (χ2v) is 10.5. The lowest BCUT2D eigenvalue weighted by molar-refractivity contribution is -0.123. The lowest BCUT2D eigenvalue weighted by Crippen LogP contribution is -2.45. The highest BCUT2D eigenvalue weighted by Crippen LogP contribution is 2.40. The number of amides is 1. The van der Waals surface area contributed by atoms with Crippen molar-refractivity contribution in [3.8, 4) is 0 Å². The number of halogens is 1. The summed E-state index contributed by atoms with van der Waals surface area (Å²) >= 11 is 0. The van der Waals surface area contributed by atoms with Crippen molar-refractivity contribution < 1.29 is 17.6 Å². The van der Waals surface area contributed by atoms with Crippen molar-refractivity contribution in [2.45, 2.75) is 75.7 Å². The molecule has 1 aliphatic rings. The molecule has 1 aliphatic carbocycles. The van der Waals surface area contributed by atoms with E-state index in [4.69, 9.17) is 0 Å². The average Bonchev–Trinajstić information content (AvgIpc) is 2.47. The minimum absolute atomic E-state index is 0.0326. The molecule has 140 valence electrons. The van der Waals surface area contributed by atoms with Crippen LogP contribution in [0.25, 0.3) is 0 Å². The van der Waals surface area contributed by atoms with Crippen LogP contribution in [0.15, 0.2) is 29.2 Å². The van der Waals surface area contributed by atoms with Crippen molar-refractivity contribution in [2.75, 3.05) is 0 Å². The largest absolute Gasteiger partial charge is 0.353 e. The number of carbonyl (C=O) groups excluding carboxylic acids is 1. The molecule has 1 amide bonds. The Balaban J connectivity index is 2.03. The van der Waals surface area contributed by atoms with Crippen LogP contribution in [0.5, 0.6) is 0 Å². The van der Waals surface area contributed by atoms with E-state index in [1.165, 1.54) is 12.1 Å². The van der Waals surface area contributed by atoms with Crippen LogP contribution in [-0.4, -0.2) is 25.4 Å². The molecule has 0 saturated heterocycles. The summed E-state index contributed by atoms with van der Waals surface area (Å²) in [6.45, 7) is 7.73. The molecule has 0 radical (unpaired) electrons. The number of alkyl halides is 1. The van der Waals surface area contributed by atoms with Crippen molar-refractivity contribution in [3.05, 3.63) is 29.8 Å². The zero-order valence-corrected chi connectivity index (χ0v) is 16.2. The number of hydrogen-bond acceptors (Lipinski definition) is 3. The van der Waals surface area contributed by atoms with Crippen LogP contribution in [0.1, 0.15) is 58.4 Å². The SMILES string of the molecule is Cc1cccc(S(=O)(=O)C2(F)CCC(NC(=O)CC(C)(C)C)CC2)c1. The van der Waals surface area contributed by atoms with Gasteiger partial charge < -0.3 is 5.32 Å². The van der Waals surface area contributed by atoms with Crippen LogP contribution in [0.3, 0.4) is 0 Å². The zero-order valence-electron chi connectivity index (χ0n) is 15.4. The maximum atomic E-state index is 15.2. The molecule has 4 nitrogen and oxygen atoms in total. The molecule has 0 spiro atoms. The summed E-state index contributed by atoms with van der Waals surface area (Å²) in [7, 11) is -4.04. The van der Waals surface area contributed by atoms with Crippen LogP contribution >= 0.6 is 0 Å². The van der Waals surface area contributed by atoms with E-state index < -0.39 is 14.8 Å². The average molecular weight is 370 g/mol. The Bertz CT molecular complexity index is 729. The molecule has 1 saturated carbocycles. The van der Waals surface area contributed by atoms with Crippen LogP contribution in [0.2, 0.25) is 0 Å². The van der Waals surface area contributed by atoms with Gasteiger partial charge in [0.1, 0.15) is 0 Å². The Hall–Kier alpha value is -1.43. The standard InChI is InChI=1S/C19H28FNO3S/c1-14-6-5-7-16(12-14)25(23,24)19(20)10-8-15(9-11-19)21-17(22)13-18(2,3)4/h5-7,12,15H,8-11,13H2,1-4H3,(H,21,22). The van der Waals surface area contributed by atoms with Gasteiger partial charge in [-0.05, 0) is 55.7 Å². The van der Waals surface area contributed by atoms with Gasteiger partial charge in [0.15, 0.2) is 0 Å². The number of hydrogen-bond donors (Lipinski definition) is 1. The van der Waals surface area contributed by atoms with Crippen molar-refractivity contribution in [3.63, 3.8) is 0 Å². The quantitative estimate of drug-likeness (QED) is 0.875. The van der Waals surface area contributed by atoms with Crippen LogP contribution in [-0.2, 0) is 14.6 Å². The normalized spacial score (nSPS) is 24.8. The summed E-state index contributed by atoms with van der Waals surface area (Å²) in [6.07, 6.45) is 0.869. The minimum Gasteiger partial charge on any atom is -0.353 e. The Morgan fingerprint density at radius 1 is 1.28 bits per heavy atom. The number of benzene rings is 1. The fourth-order valence-corrected chi connectivity index (χ4v) is 5.01. The fourth-order valence-electron chi connectivity index (χ4n) is 3.22. The predicted molar refractivity (Wildman–Crippen MR) is 96.7 cm³/mol. The van der Waals surface area contributed by atoms with Crippen molar-refractivity contribution >= 4 is 15.7 Å². The van der Waals surface area contributed by atoms with Gasteiger partial charge >= 0.3 is 0 Å². The highest BCUT2D eigenvalue weighted by molar-refractivity contribution is 7.92. The van der Waals surface area contributed by atoms with Crippen LogP contribution in [0.4, 0.5) is 4.39 Å². The summed E-state index contributed by atoms with van der Waals surface area (Å²) in [4.78, 5) is 12.1. The Kier molecular flexibility index (Phi) is 5.62. The third kappa shape index (κ3) is 4.81. The Morgan fingerprint density at radius 3 is 2.40 bits per heavy atom. The third-order valence-electron chi connectivity index (χ3n) is 4.57. The summed E-state index contributed by atoms with van der Waals surface area (Å²) in [5, 5.41) is 0.655. The fraction of sp³-hybridized carbons (Fsp3) is 0.632. The van der Waals surface area contributed by atoms with E-state index in [2.05, 4.69) is 5.32 Å². The van der Waals surface area contributed by atoms with Gasteiger partial charge in [-0.2, -0.15) is 0 Å². The predicted octanol–water partition coefficient (Wildman–Crippen LogP) is 3.93. The molecule has 0 heterocycles. The summed E-state index contributed by atoms with van der Waals surface area (Å²) < 4.78 is 40.7. The lowest BCUT2D eigenvalue weighted by Gasteiger charge is -2.34. The Labute approximate surface area is 150 Å². The van der Waals surface area contributed by atoms with Crippen molar-refractivity contribution in [1.29, 1.82) is 0 Å². The van der Waals surface area contributed by atoms with Gasteiger partial charge in [0.05, 0.1) is 4.90 Å². The summed E-state index contributed by atoms with van der Waals surface area (Å²) in [6, 6.07) is 6.20. The molecular formula is C19H28FNO3S. The molecule has 1 aromatic carbocycles. The van der Waals surface area contributed by atoms with E-state index >= 15 is 4.39 Å². The van der Waals surface area contributed by atoms with Crippen molar-refractivity contribution in [2.24, 2.45) is 5.41 Å². The number of nitrogens with one attached hydrogen (secondary N) is 1. The molecule has 0 aliphatic heterocycles. The van der Waals surface area contributed by atoms with Gasteiger partial charge in [-0.25, -0.2) is 12.8 Å². The van der Waals surface area contributed by atoms with Gasteiger partial charge in [-0.3, -0.25) is 4.79 Å². The third-order valence-corrected chi connectivity index (χ3v) is 6.82.